The van der Waals surface area contributed by atoms with Crippen molar-refractivity contribution in [3.63, 3.8) is 0 Å². The van der Waals surface area contributed by atoms with Gasteiger partial charge in [-0.25, -0.2) is 0 Å². The third-order valence-electron chi connectivity index (χ3n) is 4.30. The first kappa shape index (κ1) is 13.0. The van der Waals surface area contributed by atoms with Crippen molar-refractivity contribution in [2.45, 2.75) is 71.3 Å². The van der Waals surface area contributed by atoms with E-state index in [9.17, 15) is 0 Å². The number of rotatable bonds is 5. The summed E-state index contributed by atoms with van der Waals surface area (Å²) in [6.45, 7) is 4.68. The molecule has 1 N–H and O–H groups in total. The molecule has 0 aromatic rings. The van der Waals surface area contributed by atoms with Crippen LogP contribution in [0.1, 0.15) is 65.2 Å². The van der Waals surface area contributed by atoms with Crippen LogP contribution in [0, 0.1) is 11.8 Å². The number of nitrogens with one attached hydrogen (secondary N) is 1. The Labute approximate surface area is 96.0 Å². The Bertz CT molecular complexity index is 143. The Morgan fingerprint density at radius 1 is 1.00 bits per heavy atom. The first-order valence-electron chi connectivity index (χ1n) is 7.00. The van der Waals surface area contributed by atoms with E-state index in [0.717, 1.165) is 17.9 Å². The van der Waals surface area contributed by atoms with Gasteiger partial charge in [0.05, 0.1) is 0 Å². The van der Waals surface area contributed by atoms with E-state index in [1.54, 1.807) is 0 Å². The molecular weight excluding hydrogens is 182 g/mol. The van der Waals surface area contributed by atoms with Crippen molar-refractivity contribution >= 4 is 0 Å². The molecule has 1 rings (SSSR count). The third-order valence-corrected chi connectivity index (χ3v) is 4.30. The summed E-state index contributed by atoms with van der Waals surface area (Å²) in [6.07, 6.45) is 11.4. The predicted molar refractivity (Wildman–Crippen MR) is 68.1 cm³/mol. The summed E-state index contributed by atoms with van der Waals surface area (Å²) in [5.41, 5.74) is 0. The Morgan fingerprint density at radius 2 is 1.53 bits per heavy atom. The van der Waals surface area contributed by atoms with E-state index in [4.69, 9.17) is 0 Å². The molecule has 0 amide bonds. The van der Waals surface area contributed by atoms with E-state index >= 15 is 0 Å². The van der Waals surface area contributed by atoms with Gasteiger partial charge in [0.25, 0.3) is 0 Å². The lowest BCUT2D eigenvalue weighted by Crippen LogP contribution is -2.39. The van der Waals surface area contributed by atoms with E-state index in [-0.39, 0.29) is 0 Å². The largest absolute Gasteiger partial charge is 0.316 e. The fraction of sp³-hybridized carbons (Fsp3) is 1.00. The second-order valence-electron chi connectivity index (χ2n) is 5.14. The van der Waals surface area contributed by atoms with Crippen LogP contribution in [0.2, 0.25) is 0 Å². The van der Waals surface area contributed by atoms with Crippen molar-refractivity contribution in [3.8, 4) is 0 Å². The first-order chi connectivity index (χ1) is 7.33. The average Bonchev–Trinajstić information content (AvgIpc) is 2.54. The second-order valence-corrected chi connectivity index (χ2v) is 5.14. The van der Waals surface area contributed by atoms with Gasteiger partial charge in [-0.15, -0.1) is 0 Å². The highest BCUT2D eigenvalue weighted by molar-refractivity contribution is 4.82. The fourth-order valence-electron chi connectivity index (χ4n) is 3.32. The van der Waals surface area contributed by atoms with Crippen LogP contribution in [0.5, 0.6) is 0 Å². The lowest BCUT2D eigenvalue weighted by Gasteiger charge is -2.32. The van der Waals surface area contributed by atoms with E-state index in [1.165, 1.54) is 51.4 Å². The van der Waals surface area contributed by atoms with Crippen LogP contribution in [0.3, 0.4) is 0 Å². The summed E-state index contributed by atoms with van der Waals surface area (Å²) in [5.74, 6) is 1.83. The molecule has 90 valence electrons. The van der Waals surface area contributed by atoms with Gasteiger partial charge in [-0.2, -0.15) is 0 Å². The zero-order chi connectivity index (χ0) is 11.1. The summed E-state index contributed by atoms with van der Waals surface area (Å²) in [4.78, 5) is 0. The van der Waals surface area contributed by atoms with Crippen molar-refractivity contribution < 1.29 is 0 Å². The number of hydrogen-bond acceptors (Lipinski definition) is 1. The normalized spacial score (nSPS) is 21.6. The zero-order valence-corrected chi connectivity index (χ0v) is 10.9. The molecule has 1 fully saturated rings. The molecule has 1 atom stereocenters. The molecule has 1 heteroatoms. The molecule has 1 saturated carbocycles. The Kier molecular flexibility index (Phi) is 6.31. The molecule has 0 saturated heterocycles. The minimum absolute atomic E-state index is 0.776. The molecule has 1 aliphatic carbocycles. The van der Waals surface area contributed by atoms with Gasteiger partial charge in [0.15, 0.2) is 0 Å². The summed E-state index contributed by atoms with van der Waals surface area (Å²) < 4.78 is 0. The van der Waals surface area contributed by atoms with Gasteiger partial charge in [0.2, 0.25) is 0 Å². The van der Waals surface area contributed by atoms with E-state index in [0.29, 0.717) is 0 Å². The molecule has 0 aromatic carbocycles. The SMILES string of the molecule is CCC(CC)C(NC)C1CCCCCC1. The van der Waals surface area contributed by atoms with Gasteiger partial charge in [-0.05, 0) is 31.7 Å². The van der Waals surface area contributed by atoms with Crippen LogP contribution < -0.4 is 5.32 Å². The van der Waals surface area contributed by atoms with Crippen LogP contribution in [-0.4, -0.2) is 13.1 Å². The van der Waals surface area contributed by atoms with Gasteiger partial charge in [0, 0.05) is 6.04 Å². The topological polar surface area (TPSA) is 12.0 Å². The van der Waals surface area contributed by atoms with Gasteiger partial charge >= 0.3 is 0 Å². The minimum atomic E-state index is 0.776. The molecule has 0 heterocycles. The van der Waals surface area contributed by atoms with Gasteiger partial charge in [-0.1, -0.05) is 52.4 Å². The standard InChI is InChI=1S/C14H29N/c1-4-12(5-2)14(15-3)13-10-8-6-7-9-11-13/h12-15H,4-11H2,1-3H3. The van der Waals surface area contributed by atoms with Crippen molar-refractivity contribution in [1.82, 2.24) is 5.32 Å². The molecule has 0 aromatic heterocycles. The van der Waals surface area contributed by atoms with Gasteiger partial charge < -0.3 is 5.32 Å². The number of hydrogen-bond donors (Lipinski definition) is 1. The van der Waals surface area contributed by atoms with Crippen LogP contribution in [0.15, 0.2) is 0 Å². The van der Waals surface area contributed by atoms with Gasteiger partial charge in [0.1, 0.15) is 0 Å². The van der Waals surface area contributed by atoms with Crippen LogP contribution in [-0.2, 0) is 0 Å². The van der Waals surface area contributed by atoms with Crippen LogP contribution in [0.4, 0.5) is 0 Å². The lowest BCUT2D eigenvalue weighted by molar-refractivity contribution is 0.236. The van der Waals surface area contributed by atoms with Crippen molar-refractivity contribution in [1.29, 1.82) is 0 Å². The molecule has 0 spiro atoms. The second kappa shape index (κ2) is 7.27. The molecule has 1 aliphatic rings. The highest BCUT2D eigenvalue weighted by atomic mass is 14.9. The van der Waals surface area contributed by atoms with Crippen LogP contribution in [0.25, 0.3) is 0 Å². The summed E-state index contributed by atoms with van der Waals surface area (Å²) in [6, 6.07) is 0.776. The smallest absolute Gasteiger partial charge is 0.0120 e. The predicted octanol–water partition coefficient (Wildman–Crippen LogP) is 3.98. The van der Waals surface area contributed by atoms with Gasteiger partial charge in [-0.3, -0.25) is 0 Å². The fourth-order valence-corrected chi connectivity index (χ4v) is 3.32. The molecule has 15 heavy (non-hydrogen) atoms. The maximum Gasteiger partial charge on any atom is 0.0120 e. The Morgan fingerprint density at radius 3 is 1.93 bits per heavy atom. The van der Waals surface area contributed by atoms with E-state index in [2.05, 4.69) is 26.2 Å². The minimum Gasteiger partial charge on any atom is -0.316 e. The van der Waals surface area contributed by atoms with E-state index in [1.807, 2.05) is 0 Å². The third kappa shape index (κ3) is 3.79. The summed E-state index contributed by atoms with van der Waals surface area (Å²) in [5, 5.41) is 3.60. The highest BCUT2D eigenvalue weighted by Crippen LogP contribution is 2.30. The highest BCUT2D eigenvalue weighted by Gasteiger charge is 2.26. The zero-order valence-electron chi connectivity index (χ0n) is 10.9. The van der Waals surface area contributed by atoms with Crippen molar-refractivity contribution in [3.05, 3.63) is 0 Å². The molecule has 0 bridgehead atoms. The monoisotopic (exact) mass is 211 g/mol. The first-order valence-corrected chi connectivity index (χ1v) is 7.00. The molecular formula is C14H29N. The summed E-state index contributed by atoms with van der Waals surface area (Å²) in [7, 11) is 2.16. The molecule has 0 aliphatic heterocycles. The molecule has 0 radical (unpaired) electrons. The van der Waals surface area contributed by atoms with Crippen molar-refractivity contribution in [2.24, 2.45) is 11.8 Å². The average molecular weight is 211 g/mol. The Hall–Kier alpha value is -0.0400. The van der Waals surface area contributed by atoms with E-state index < -0.39 is 0 Å². The maximum absolute atomic E-state index is 3.60. The quantitative estimate of drug-likeness (QED) is 0.678. The Balaban J connectivity index is 2.53. The maximum atomic E-state index is 3.60. The summed E-state index contributed by atoms with van der Waals surface area (Å²) >= 11 is 0. The molecule has 1 unspecified atom stereocenters. The molecule has 1 nitrogen and oxygen atoms in total. The lowest BCUT2D eigenvalue weighted by atomic mass is 9.81. The van der Waals surface area contributed by atoms with Crippen molar-refractivity contribution in [2.75, 3.05) is 7.05 Å². The van der Waals surface area contributed by atoms with Crippen LogP contribution >= 0.6 is 0 Å².